The summed E-state index contributed by atoms with van der Waals surface area (Å²) in [5, 5.41) is 1.15. The van der Waals surface area contributed by atoms with Crippen molar-refractivity contribution in [2.24, 2.45) is 0 Å². The number of halogens is 1. The first-order valence-electron chi connectivity index (χ1n) is 10.7. The van der Waals surface area contributed by atoms with Crippen molar-refractivity contribution >= 4 is 22.5 Å². The van der Waals surface area contributed by atoms with Gasteiger partial charge in [0.25, 0.3) is 5.56 Å². The molecule has 3 aromatic carbocycles. The van der Waals surface area contributed by atoms with Crippen molar-refractivity contribution in [2.45, 2.75) is 13.5 Å². The van der Waals surface area contributed by atoms with Gasteiger partial charge in [-0.25, -0.2) is 4.98 Å². The standard InChI is InChI=1S/C26H25ClN2O4/c1-18-7-12-24(22(27)17-18)33-16-15-32-14-13-29-25(19-8-10-20(31-2)11-9-19)28-23-6-4-3-5-21(23)26(29)30/h3-12,17H,13-16H2,1-2H3. The molecule has 0 atom stereocenters. The molecule has 4 rings (SSSR count). The lowest BCUT2D eigenvalue weighted by atomic mass is 10.1. The molecule has 0 radical (unpaired) electrons. The highest BCUT2D eigenvalue weighted by molar-refractivity contribution is 6.32. The summed E-state index contributed by atoms with van der Waals surface area (Å²) in [6.45, 7) is 3.41. The van der Waals surface area contributed by atoms with Gasteiger partial charge >= 0.3 is 0 Å². The maximum Gasteiger partial charge on any atom is 0.261 e. The molecule has 0 aliphatic carbocycles. The van der Waals surface area contributed by atoms with Gasteiger partial charge in [-0.15, -0.1) is 0 Å². The van der Waals surface area contributed by atoms with Crippen molar-refractivity contribution in [1.82, 2.24) is 9.55 Å². The van der Waals surface area contributed by atoms with Crippen molar-refractivity contribution < 1.29 is 14.2 Å². The molecule has 0 spiro atoms. The van der Waals surface area contributed by atoms with Crippen LogP contribution in [0.1, 0.15) is 5.56 Å². The topological polar surface area (TPSA) is 62.6 Å². The van der Waals surface area contributed by atoms with E-state index in [-0.39, 0.29) is 5.56 Å². The van der Waals surface area contributed by atoms with E-state index in [0.29, 0.717) is 53.9 Å². The van der Waals surface area contributed by atoms with E-state index in [1.165, 1.54) is 0 Å². The van der Waals surface area contributed by atoms with Gasteiger partial charge in [0.05, 0.1) is 42.8 Å². The van der Waals surface area contributed by atoms with E-state index in [1.54, 1.807) is 17.7 Å². The third kappa shape index (κ3) is 5.35. The van der Waals surface area contributed by atoms with Gasteiger partial charge < -0.3 is 14.2 Å². The van der Waals surface area contributed by atoms with E-state index in [2.05, 4.69) is 0 Å². The summed E-state index contributed by atoms with van der Waals surface area (Å²) in [5.74, 6) is 1.96. The molecule has 1 aromatic heterocycles. The van der Waals surface area contributed by atoms with Crippen LogP contribution < -0.4 is 15.0 Å². The zero-order valence-corrected chi connectivity index (χ0v) is 19.3. The monoisotopic (exact) mass is 464 g/mol. The summed E-state index contributed by atoms with van der Waals surface area (Å²) >= 11 is 6.19. The molecule has 0 saturated heterocycles. The van der Waals surface area contributed by atoms with E-state index in [0.717, 1.165) is 16.9 Å². The zero-order valence-electron chi connectivity index (χ0n) is 18.6. The Morgan fingerprint density at radius 3 is 2.52 bits per heavy atom. The number of nitrogens with zero attached hydrogens (tertiary/aromatic N) is 2. The Morgan fingerprint density at radius 2 is 1.76 bits per heavy atom. The van der Waals surface area contributed by atoms with Gasteiger partial charge in [-0.3, -0.25) is 9.36 Å². The van der Waals surface area contributed by atoms with Crippen molar-refractivity contribution in [3.8, 4) is 22.9 Å². The number of fused-ring (bicyclic) bond motifs is 1. The number of para-hydroxylation sites is 1. The number of benzene rings is 3. The van der Waals surface area contributed by atoms with Gasteiger partial charge in [0.2, 0.25) is 0 Å². The Kier molecular flexibility index (Phi) is 7.27. The molecular formula is C26H25ClN2O4. The second-order valence-electron chi connectivity index (χ2n) is 7.53. The van der Waals surface area contributed by atoms with Gasteiger partial charge in [0, 0.05) is 5.56 Å². The molecule has 0 aliphatic rings. The van der Waals surface area contributed by atoms with Crippen molar-refractivity contribution in [3.63, 3.8) is 0 Å². The van der Waals surface area contributed by atoms with Crippen LogP contribution in [0.5, 0.6) is 11.5 Å². The van der Waals surface area contributed by atoms with Crippen LogP contribution >= 0.6 is 11.6 Å². The van der Waals surface area contributed by atoms with Crippen LogP contribution in [0.4, 0.5) is 0 Å². The molecule has 1 heterocycles. The second kappa shape index (κ2) is 10.5. The Balaban J connectivity index is 1.46. The Hall–Kier alpha value is -3.35. The maximum atomic E-state index is 13.2. The first-order valence-corrected chi connectivity index (χ1v) is 11.1. The van der Waals surface area contributed by atoms with Crippen molar-refractivity contribution in [3.05, 3.63) is 87.7 Å². The number of rotatable bonds is 9. The molecule has 170 valence electrons. The van der Waals surface area contributed by atoms with Gasteiger partial charge in [-0.2, -0.15) is 0 Å². The molecule has 6 nitrogen and oxygen atoms in total. The summed E-state index contributed by atoms with van der Waals surface area (Å²) in [4.78, 5) is 18.0. The Labute approximate surface area is 197 Å². The highest BCUT2D eigenvalue weighted by Gasteiger charge is 2.13. The van der Waals surface area contributed by atoms with Crippen molar-refractivity contribution in [1.29, 1.82) is 0 Å². The zero-order chi connectivity index (χ0) is 23.2. The largest absolute Gasteiger partial charge is 0.497 e. The minimum absolute atomic E-state index is 0.0993. The van der Waals surface area contributed by atoms with Gasteiger partial charge in [-0.1, -0.05) is 29.8 Å². The fraction of sp³-hybridized carbons (Fsp3) is 0.231. The van der Waals surface area contributed by atoms with Gasteiger partial charge in [0.1, 0.15) is 23.9 Å². The quantitative estimate of drug-likeness (QED) is 0.321. The Bertz CT molecular complexity index is 1300. The predicted molar refractivity (Wildman–Crippen MR) is 130 cm³/mol. The fourth-order valence-electron chi connectivity index (χ4n) is 3.53. The lowest BCUT2D eigenvalue weighted by molar-refractivity contribution is 0.0941. The van der Waals surface area contributed by atoms with Crippen LogP contribution in [0, 0.1) is 6.92 Å². The van der Waals surface area contributed by atoms with Gasteiger partial charge in [0.15, 0.2) is 0 Å². The molecule has 0 N–H and O–H groups in total. The van der Waals surface area contributed by atoms with E-state index in [4.69, 9.17) is 30.8 Å². The number of hydrogen-bond donors (Lipinski definition) is 0. The molecule has 4 aromatic rings. The molecule has 0 fully saturated rings. The smallest absolute Gasteiger partial charge is 0.261 e. The third-order valence-electron chi connectivity index (χ3n) is 5.24. The van der Waals surface area contributed by atoms with Crippen LogP contribution in [-0.2, 0) is 11.3 Å². The van der Waals surface area contributed by atoms with E-state index < -0.39 is 0 Å². The molecule has 0 saturated carbocycles. The molecular weight excluding hydrogens is 440 g/mol. The molecule has 7 heteroatoms. The van der Waals surface area contributed by atoms with E-state index >= 15 is 0 Å². The lowest BCUT2D eigenvalue weighted by Crippen LogP contribution is -2.26. The number of ether oxygens (including phenoxy) is 3. The van der Waals surface area contributed by atoms with Crippen LogP contribution in [0.3, 0.4) is 0 Å². The average Bonchev–Trinajstić information content (AvgIpc) is 2.83. The summed E-state index contributed by atoms with van der Waals surface area (Å²) in [6.07, 6.45) is 0. The number of methoxy groups -OCH3 is 1. The molecule has 0 amide bonds. The first kappa shape index (κ1) is 22.8. The third-order valence-corrected chi connectivity index (χ3v) is 5.54. The highest BCUT2D eigenvalue weighted by Crippen LogP contribution is 2.25. The molecule has 0 aliphatic heterocycles. The van der Waals surface area contributed by atoms with Crippen LogP contribution in [0.15, 0.2) is 71.5 Å². The Morgan fingerprint density at radius 1 is 0.970 bits per heavy atom. The average molecular weight is 465 g/mol. The summed E-state index contributed by atoms with van der Waals surface area (Å²) in [5.41, 5.74) is 2.47. The first-order chi connectivity index (χ1) is 16.1. The van der Waals surface area contributed by atoms with E-state index in [1.807, 2.05) is 67.6 Å². The highest BCUT2D eigenvalue weighted by atomic mass is 35.5. The molecule has 0 bridgehead atoms. The summed E-state index contributed by atoms with van der Waals surface area (Å²) in [7, 11) is 1.62. The van der Waals surface area contributed by atoms with Crippen molar-refractivity contribution in [2.75, 3.05) is 26.9 Å². The minimum Gasteiger partial charge on any atom is -0.497 e. The minimum atomic E-state index is -0.0993. The SMILES string of the molecule is COc1ccc(-c2nc3ccccc3c(=O)n2CCOCCOc2ccc(C)cc2Cl)cc1. The van der Waals surface area contributed by atoms with Crippen LogP contribution in [0.25, 0.3) is 22.3 Å². The summed E-state index contributed by atoms with van der Waals surface area (Å²) in [6, 6.07) is 20.5. The van der Waals surface area contributed by atoms with E-state index in [9.17, 15) is 4.79 Å². The number of hydrogen-bond acceptors (Lipinski definition) is 5. The maximum absolute atomic E-state index is 13.2. The molecule has 33 heavy (non-hydrogen) atoms. The predicted octanol–water partition coefficient (Wildman–Crippen LogP) is 5.13. The van der Waals surface area contributed by atoms with Gasteiger partial charge in [-0.05, 0) is 61.0 Å². The lowest BCUT2D eigenvalue weighted by Gasteiger charge is -2.14. The number of aromatic nitrogens is 2. The summed E-state index contributed by atoms with van der Waals surface area (Å²) < 4.78 is 18.3. The molecule has 0 unspecified atom stereocenters. The normalized spacial score (nSPS) is 11.0. The number of aryl methyl sites for hydroxylation is 1. The fourth-order valence-corrected chi connectivity index (χ4v) is 3.82. The second-order valence-corrected chi connectivity index (χ2v) is 7.94. The van der Waals surface area contributed by atoms with Crippen LogP contribution in [0.2, 0.25) is 5.02 Å². The van der Waals surface area contributed by atoms with Crippen LogP contribution in [-0.4, -0.2) is 36.5 Å².